The van der Waals surface area contributed by atoms with E-state index in [1.807, 2.05) is 6.07 Å². The van der Waals surface area contributed by atoms with Gasteiger partial charge in [0.25, 0.3) is 0 Å². The number of unbranched alkanes of at least 4 members (excludes halogenated alkanes) is 2. The van der Waals surface area contributed by atoms with Crippen LogP contribution in [0.5, 0.6) is 11.5 Å². The molecule has 0 unspecified atom stereocenters. The lowest BCUT2D eigenvalue weighted by Gasteiger charge is -2.34. The molecule has 1 amide bonds. The summed E-state index contributed by atoms with van der Waals surface area (Å²) in [7, 11) is 0. The number of nitrogens with one attached hydrogen (secondary N) is 1. The van der Waals surface area contributed by atoms with Gasteiger partial charge in [0.15, 0.2) is 11.5 Å². The number of amides is 1. The zero-order valence-corrected chi connectivity index (χ0v) is 15.8. The summed E-state index contributed by atoms with van der Waals surface area (Å²) in [5.74, 6) is 1.88. The number of carbonyl (C=O) groups is 1. The number of carbonyl (C=O) groups excluding carboxylic acids is 1. The summed E-state index contributed by atoms with van der Waals surface area (Å²) in [6, 6.07) is 6.19. The van der Waals surface area contributed by atoms with Crippen LogP contribution in [-0.4, -0.2) is 61.8 Å². The Hall–Kier alpha value is -1.79. The van der Waals surface area contributed by atoms with Crippen LogP contribution < -0.4 is 14.8 Å². The van der Waals surface area contributed by atoms with Crippen molar-refractivity contribution in [2.75, 3.05) is 46.1 Å². The summed E-state index contributed by atoms with van der Waals surface area (Å²) in [4.78, 5) is 16.7. The summed E-state index contributed by atoms with van der Waals surface area (Å²) in [6.07, 6.45) is 4.06. The average molecular weight is 361 g/mol. The second kappa shape index (κ2) is 9.78. The van der Waals surface area contributed by atoms with Crippen molar-refractivity contribution in [2.24, 2.45) is 0 Å². The van der Waals surface area contributed by atoms with E-state index in [0.29, 0.717) is 13.2 Å². The molecule has 0 spiro atoms. The third-order valence-electron chi connectivity index (χ3n) is 5.07. The van der Waals surface area contributed by atoms with Crippen molar-refractivity contribution in [2.45, 2.75) is 39.2 Å². The van der Waals surface area contributed by atoms with E-state index in [-0.39, 0.29) is 5.91 Å². The van der Waals surface area contributed by atoms with Crippen LogP contribution in [-0.2, 0) is 11.3 Å². The van der Waals surface area contributed by atoms with Crippen LogP contribution in [0.1, 0.15) is 38.2 Å². The third kappa shape index (κ3) is 5.61. The Morgan fingerprint density at radius 2 is 1.85 bits per heavy atom. The van der Waals surface area contributed by atoms with Gasteiger partial charge in [-0.1, -0.05) is 25.8 Å². The highest BCUT2D eigenvalue weighted by Crippen LogP contribution is 2.32. The van der Waals surface area contributed by atoms with Crippen molar-refractivity contribution in [1.82, 2.24) is 15.1 Å². The van der Waals surface area contributed by atoms with Gasteiger partial charge in [-0.15, -0.1) is 0 Å². The fourth-order valence-electron chi connectivity index (χ4n) is 3.42. The number of piperazine rings is 1. The molecule has 1 aromatic rings. The van der Waals surface area contributed by atoms with Gasteiger partial charge in [-0.25, -0.2) is 0 Å². The molecular formula is C20H31N3O3. The van der Waals surface area contributed by atoms with Gasteiger partial charge in [-0.2, -0.15) is 0 Å². The van der Waals surface area contributed by atoms with Crippen LogP contribution in [0.15, 0.2) is 18.2 Å². The van der Waals surface area contributed by atoms with Crippen LogP contribution in [0.4, 0.5) is 0 Å². The number of hydrogen-bond donors (Lipinski definition) is 1. The summed E-state index contributed by atoms with van der Waals surface area (Å²) >= 11 is 0. The molecule has 2 heterocycles. The van der Waals surface area contributed by atoms with E-state index in [1.165, 1.54) is 18.4 Å². The monoisotopic (exact) mass is 361 g/mol. The lowest BCUT2D eigenvalue weighted by Crippen LogP contribution is -2.46. The summed E-state index contributed by atoms with van der Waals surface area (Å²) in [5.41, 5.74) is 1.26. The molecule has 26 heavy (non-hydrogen) atoms. The van der Waals surface area contributed by atoms with Crippen LogP contribution >= 0.6 is 0 Å². The molecule has 0 radical (unpaired) electrons. The zero-order chi connectivity index (χ0) is 18.2. The SMILES string of the molecule is CCCCCNC(=O)CCN1CCN(Cc2ccc3c(c2)OCO3)CC1. The van der Waals surface area contributed by atoms with E-state index in [1.54, 1.807) is 0 Å². The molecule has 0 aliphatic carbocycles. The van der Waals surface area contributed by atoms with Gasteiger partial charge in [0.2, 0.25) is 12.7 Å². The van der Waals surface area contributed by atoms with Crippen molar-refractivity contribution in [3.63, 3.8) is 0 Å². The molecule has 144 valence electrons. The molecule has 1 fully saturated rings. The molecule has 1 aromatic carbocycles. The Morgan fingerprint density at radius 1 is 1.08 bits per heavy atom. The van der Waals surface area contributed by atoms with Crippen molar-refractivity contribution in [3.05, 3.63) is 23.8 Å². The second-order valence-corrected chi connectivity index (χ2v) is 7.11. The van der Waals surface area contributed by atoms with Crippen LogP contribution in [0.3, 0.4) is 0 Å². The molecule has 3 rings (SSSR count). The quantitative estimate of drug-likeness (QED) is 0.684. The fraction of sp³-hybridized carbons (Fsp3) is 0.650. The predicted molar refractivity (Wildman–Crippen MR) is 101 cm³/mol. The minimum atomic E-state index is 0.184. The Labute approximate surface area is 156 Å². The number of ether oxygens (including phenoxy) is 2. The number of nitrogens with zero attached hydrogens (tertiary/aromatic N) is 2. The number of hydrogen-bond acceptors (Lipinski definition) is 5. The van der Waals surface area contributed by atoms with Crippen molar-refractivity contribution in [1.29, 1.82) is 0 Å². The lowest BCUT2D eigenvalue weighted by molar-refractivity contribution is -0.121. The standard InChI is InChI=1S/C20H31N3O3/c1-2-3-4-8-21-20(24)7-9-22-10-12-23(13-11-22)15-17-5-6-18-19(14-17)26-16-25-18/h5-6,14H,2-4,7-13,15-16H2,1H3,(H,21,24). The molecule has 1 saturated heterocycles. The van der Waals surface area contributed by atoms with Gasteiger partial charge < -0.3 is 19.7 Å². The Morgan fingerprint density at radius 3 is 2.65 bits per heavy atom. The predicted octanol–water partition coefficient (Wildman–Crippen LogP) is 2.23. The van der Waals surface area contributed by atoms with Gasteiger partial charge in [0, 0.05) is 52.2 Å². The molecular weight excluding hydrogens is 330 g/mol. The molecule has 2 aliphatic heterocycles. The first kappa shape index (κ1) is 19.0. The maximum atomic E-state index is 11.9. The summed E-state index contributed by atoms with van der Waals surface area (Å²) in [6.45, 7) is 9.22. The highest BCUT2D eigenvalue weighted by atomic mass is 16.7. The molecule has 6 nitrogen and oxygen atoms in total. The van der Waals surface area contributed by atoms with E-state index in [2.05, 4.69) is 34.2 Å². The van der Waals surface area contributed by atoms with E-state index in [0.717, 1.165) is 63.7 Å². The Bertz CT molecular complexity index is 586. The van der Waals surface area contributed by atoms with Crippen molar-refractivity contribution in [3.8, 4) is 11.5 Å². The molecule has 1 N–H and O–H groups in total. The molecule has 0 atom stereocenters. The average Bonchev–Trinajstić information content (AvgIpc) is 3.12. The minimum absolute atomic E-state index is 0.184. The molecule has 0 aromatic heterocycles. The largest absolute Gasteiger partial charge is 0.454 e. The number of fused-ring (bicyclic) bond motifs is 1. The third-order valence-corrected chi connectivity index (χ3v) is 5.07. The maximum absolute atomic E-state index is 11.9. The molecule has 2 aliphatic rings. The normalized spacial score (nSPS) is 17.4. The van der Waals surface area contributed by atoms with Gasteiger partial charge >= 0.3 is 0 Å². The highest BCUT2D eigenvalue weighted by Gasteiger charge is 2.19. The second-order valence-electron chi connectivity index (χ2n) is 7.11. The van der Waals surface area contributed by atoms with Crippen molar-refractivity contribution < 1.29 is 14.3 Å². The van der Waals surface area contributed by atoms with E-state index in [9.17, 15) is 4.79 Å². The summed E-state index contributed by atoms with van der Waals surface area (Å²) < 4.78 is 10.8. The van der Waals surface area contributed by atoms with E-state index >= 15 is 0 Å². The minimum Gasteiger partial charge on any atom is -0.454 e. The first-order valence-corrected chi connectivity index (χ1v) is 9.84. The number of rotatable bonds is 9. The Kier molecular flexibility index (Phi) is 7.14. The first-order chi connectivity index (χ1) is 12.7. The highest BCUT2D eigenvalue weighted by molar-refractivity contribution is 5.76. The van der Waals surface area contributed by atoms with Crippen LogP contribution in [0, 0.1) is 0 Å². The summed E-state index contributed by atoms with van der Waals surface area (Å²) in [5, 5.41) is 3.02. The zero-order valence-electron chi connectivity index (χ0n) is 15.8. The number of benzene rings is 1. The maximum Gasteiger partial charge on any atom is 0.231 e. The fourth-order valence-corrected chi connectivity index (χ4v) is 3.42. The van der Waals surface area contributed by atoms with Gasteiger partial charge in [0.05, 0.1) is 0 Å². The first-order valence-electron chi connectivity index (χ1n) is 9.84. The van der Waals surface area contributed by atoms with E-state index in [4.69, 9.17) is 9.47 Å². The molecule has 0 saturated carbocycles. The van der Waals surface area contributed by atoms with Gasteiger partial charge in [-0.05, 0) is 24.1 Å². The van der Waals surface area contributed by atoms with Gasteiger partial charge in [-0.3, -0.25) is 9.69 Å². The van der Waals surface area contributed by atoms with E-state index < -0.39 is 0 Å². The van der Waals surface area contributed by atoms with Crippen LogP contribution in [0.25, 0.3) is 0 Å². The Balaban J connectivity index is 1.32. The molecule has 6 heteroatoms. The van der Waals surface area contributed by atoms with Crippen molar-refractivity contribution >= 4 is 5.91 Å². The lowest BCUT2D eigenvalue weighted by atomic mass is 10.1. The van der Waals surface area contributed by atoms with Crippen LogP contribution in [0.2, 0.25) is 0 Å². The topological polar surface area (TPSA) is 54.0 Å². The smallest absolute Gasteiger partial charge is 0.231 e. The molecule has 0 bridgehead atoms. The van der Waals surface area contributed by atoms with Gasteiger partial charge in [0.1, 0.15) is 0 Å².